The Kier molecular flexibility index (Phi) is 6.74. The summed E-state index contributed by atoms with van der Waals surface area (Å²) in [6.07, 6.45) is 9.43. The molecule has 1 spiro atoms. The van der Waals surface area contributed by atoms with Crippen molar-refractivity contribution < 1.29 is 29.0 Å². The molecular weight excluding hydrogens is 460 g/mol. The Hall–Kier alpha value is -2.97. The molecule has 2 amide bonds. The molecular formula is C28H34N2O6. The van der Waals surface area contributed by atoms with Crippen LogP contribution >= 0.6 is 0 Å². The minimum Gasteiger partial charge on any atom is -0.465 e. The number of hydrogen-bond acceptors (Lipinski definition) is 6. The molecule has 8 nitrogen and oxygen atoms in total. The quantitative estimate of drug-likeness (QED) is 0.384. The molecule has 4 aliphatic rings. The fourth-order valence-electron chi connectivity index (χ4n) is 6.11. The van der Waals surface area contributed by atoms with Crippen LogP contribution in [0.2, 0.25) is 0 Å². The number of unbranched alkanes of at least 4 members (excludes halogenated alkanes) is 1. The van der Waals surface area contributed by atoms with E-state index in [1.165, 1.54) is 0 Å². The molecule has 0 aromatic heterocycles. The van der Waals surface area contributed by atoms with Crippen LogP contribution in [0.1, 0.15) is 36.8 Å². The molecule has 2 fully saturated rings. The number of ether oxygens (including phenoxy) is 2. The molecule has 1 N–H and O–H groups in total. The second-order valence-electron chi connectivity index (χ2n) is 10.2. The number of carbonyl (C=O) groups is 3. The zero-order chi connectivity index (χ0) is 25.4. The largest absolute Gasteiger partial charge is 0.465 e. The van der Waals surface area contributed by atoms with E-state index in [0.717, 1.165) is 23.2 Å². The van der Waals surface area contributed by atoms with Crippen molar-refractivity contribution in [3.8, 4) is 0 Å². The zero-order valence-corrected chi connectivity index (χ0v) is 20.9. The number of likely N-dealkylation sites (tertiary alicyclic amines) is 1. The van der Waals surface area contributed by atoms with Crippen LogP contribution in [0.15, 0.2) is 42.5 Å². The van der Waals surface area contributed by atoms with Gasteiger partial charge in [0.05, 0.1) is 18.6 Å². The summed E-state index contributed by atoms with van der Waals surface area (Å²) in [6.45, 7) is 4.88. The minimum atomic E-state index is -1.27. The summed E-state index contributed by atoms with van der Waals surface area (Å²) >= 11 is 0. The number of rotatable bonds is 5. The van der Waals surface area contributed by atoms with Crippen molar-refractivity contribution in [2.24, 2.45) is 11.8 Å². The highest BCUT2D eigenvalue weighted by Crippen LogP contribution is 2.53. The van der Waals surface area contributed by atoms with Gasteiger partial charge in [-0.15, -0.1) is 0 Å². The second-order valence-corrected chi connectivity index (χ2v) is 10.2. The highest BCUT2D eigenvalue weighted by molar-refractivity contribution is 6.05. The number of nitrogens with zero attached hydrogens (tertiary/aromatic N) is 2. The van der Waals surface area contributed by atoms with Gasteiger partial charge in [-0.25, -0.2) is 0 Å². The number of allylic oxidation sites excluding steroid dienone is 1. The predicted octanol–water partition coefficient (Wildman–Crippen LogP) is 2.45. The maximum Gasteiger partial charge on any atom is 0.312 e. The number of fused-ring (bicyclic) bond motifs is 2. The fourth-order valence-corrected chi connectivity index (χ4v) is 6.11. The minimum absolute atomic E-state index is 0.00203. The van der Waals surface area contributed by atoms with E-state index in [1.807, 2.05) is 56.4 Å². The molecule has 8 heteroatoms. The molecule has 4 heterocycles. The van der Waals surface area contributed by atoms with Crippen molar-refractivity contribution in [2.45, 2.75) is 57.3 Å². The van der Waals surface area contributed by atoms with Crippen molar-refractivity contribution in [2.75, 3.05) is 31.2 Å². The molecule has 0 saturated carbocycles. The maximum absolute atomic E-state index is 14.3. The number of amides is 2. The van der Waals surface area contributed by atoms with E-state index in [9.17, 15) is 19.5 Å². The summed E-state index contributed by atoms with van der Waals surface area (Å²) in [4.78, 5) is 44.8. The number of esters is 1. The van der Waals surface area contributed by atoms with Crippen LogP contribution in [-0.4, -0.2) is 71.8 Å². The molecule has 0 radical (unpaired) electrons. The molecule has 1 unspecified atom stereocenters. The smallest absolute Gasteiger partial charge is 0.312 e. The van der Waals surface area contributed by atoms with Gasteiger partial charge in [0.1, 0.15) is 17.6 Å². The van der Waals surface area contributed by atoms with Crippen LogP contribution in [-0.2, 0) is 23.9 Å². The van der Waals surface area contributed by atoms with Crippen molar-refractivity contribution >= 4 is 23.5 Å². The molecule has 192 valence electrons. The average Bonchev–Trinajstić information content (AvgIpc) is 3.26. The molecule has 1 aromatic carbocycles. The monoisotopic (exact) mass is 494 g/mol. The molecule has 4 aliphatic heterocycles. The molecule has 0 aliphatic carbocycles. The van der Waals surface area contributed by atoms with Gasteiger partial charge in [-0.05, 0) is 56.7 Å². The fraction of sp³-hybridized carbons (Fsp3) is 0.536. The van der Waals surface area contributed by atoms with Gasteiger partial charge in [-0.1, -0.05) is 36.4 Å². The third kappa shape index (κ3) is 3.96. The van der Waals surface area contributed by atoms with Gasteiger partial charge in [-0.3, -0.25) is 14.4 Å². The van der Waals surface area contributed by atoms with Gasteiger partial charge in [0.15, 0.2) is 0 Å². The third-order valence-corrected chi connectivity index (χ3v) is 7.81. The van der Waals surface area contributed by atoms with E-state index in [-0.39, 0.29) is 18.4 Å². The Bertz CT molecular complexity index is 1110. The van der Waals surface area contributed by atoms with Gasteiger partial charge in [-0.2, -0.15) is 0 Å². The first-order valence-corrected chi connectivity index (χ1v) is 12.9. The number of carbonyl (C=O) groups excluding carboxylic acids is 3. The molecule has 5 atom stereocenters. The Balaban J connectivity index is 1.60. The van der Waals surface area contributed by atoms with Crippen LogP contribution in [0.4, 0.5) is 5.69 Å². The lowest BCUT2D eigenvalue weighted by Gasteiger charge is -2.35. The van der Waals surface area contributed by atoms with E-state index in [4.69, 9.17) is 9.47 Å². The molecule has 36 heavy (non-hydrogen) atoms. The van der Waals surface area contributed by atoms with Crippen LogP contribution < -0.4 is 4.90 Å². The number of cyclic esters (lactones) is 1. The van der Waals surface area contributed by atoms with Gasteiger partial charge in [0, 0.05) is 25.4 Å². The Morgan fingerprint density at radius 3 is 2.75 bits per heavy atom. The van der Waals surface area contributed by atoms with Crippen LogP contribution in [0, 0.1) is 25.7 Å². The lowest BCUT2D eigenvalue weighted by atomic mass is 9.78. The summed E-state index contributed by atoms with van der Waals surface area (Å²) in [5, 5.41) is 9.33. The summed E-state index contributed by atoms with van der Waals surface area (Å²) in [7, 11) is 0. The van der Waals surface area contributed by atoms with Crippen molar-refractivity contribution in [3.63, 3.8) is 0 Å². The standard InChI is InChI=1S/C28H34N2O6/c1-18-10-11-19(2)20(17-18)29-14-8-12-28-23(22-21(36-28)9-4-3-7-16-35-27(22)34)25(32)30(13-5-6-15-31)24(28)26(29)33/h4,8-12,17,21-24,31H,3,5-7,13-16H2,1-2H3/b9-4-/t21-,22+,23+,24?,28+/m1/s1. The summed E-state index contributed by atoms with van der Waals surface area (Å²) in [6, 6.07) is 5.06. The van der Waals surface area contributed by atoms with Gasteiger partial charge < -0.3 is 24.4 Å². The Morgan fingerprint density at radius 1 is 1.11 bits per heavy atom. The van der Waals surface area contributed by atoms with E-state index >= 15 is 0 Å². The van der Waals surface area contributed by atoms with Crippen LogP contribution in [0.5, 0.6) is 0 Å². The molecule has 5 rings (SSSR count). The van der Waals surface area contributed by atoms with Gasteiger partial charge in [0.2, 0.25) is 5.91 Å². The third-order valence-electron chi connectivity index (χ3n) is 7.81. The number of hydrogen-bond donors (Lipinski definition) is 1. The number of aliphatic hydroxyl groups is 1. The van der Waals surface area contributed by atoms with Crippen molar-refractivity contribution in [3.05, 3.63) is 53.6 Å². The van der Waals surface area contributed by atoms with E-state index < -0.39 is 35.6 Å². The Labute approximate surface area is 211 Å². The van der Waals surface area contributed by atoms with Gasteiger partial charge in [0.25, 0.3) is 5.91 Å². The Morgan fingerprint density at radius 2 is 1.94 bits per heavy atom. The summed E-state index contributed by atoms with van der Waals surface area (Å²) in [5.41, 5.74) is 1.53. The number of benzene rings is 1. The number of aryl methyl sites for hydroxylation is 2. The van der Waals surface area contributed by atoms with Crippen molar-refractivity contribution in [1.82, 2.24) is 4.90 Å². The van der Waals surface area contributed by atoms with Crippen molar-refractivity contribution in [1.29, 1.82) is 0 Å². The van der Waals surface area contributed by atoms with Crippen LogP contribution in [0.3, 0.4) is 0 Å². The molecule has 2 saturated heterocycles. The lowest BCUT2D eigenvalue weighted by Crippen LogP contribution is -2.55. The van der Waals surface area contributed by atoms with Crippen LogP contribution in [0.25, 0.3) is 0 Å². The summed E-state index contributed by atoms with van der Waals surface area (Å²) < 4.78 is 12.1. The number of anilines is 1. The first-order chi connectivity index (χ1) is 17.4. The zero-order valence-electron chi connectivity index (χ0n) is 20.9. The lowest BCUT2D eigenvalue weighted by molar-refractivity contribution is -0.154. The maximum atomic E-state index is 14.3. The average molecular weight is 495 g/mol. The topological polar surface area (TPSA) is 96.4 Å². The SMILES string of the molecule is Cc1ccc(C)c(N2CC=C[C@]34O[C@@H]5/C=C\CCCOC(=O)[C@@H]5[C@H]3C(=O)N(CCCCO)C4C2=O)c1. The predicted molar refractivity (Wildman–Crippen MR) is 133 cm³/mol. The summed E-state index contributed by atoms with van der Waals surface area (Å²) in [5.74, 6) is -2.61. The second kappa shape index (κ2) is 9.82. The van der Waals surface area contributed by atoms with Gasteiger partial charge >= 0.3 is 5.97 Å². The first kappa shape index (κ1) is 24.7. The molecule has 0 bridgehead atoms. The van der Waals surface area contributed by atoms with E-state index in [0.29, 0.717) is 39.0 Å². The first-order valence-electron chi connectivity index (χ1n) is 12.9. The molecule has 1 aromatic rings. The van der Waals surface area contributed by atoms with E-state index in [1.54, 1.807) is 9.80 Å². The number of aliphatic hydroxyl groups excluding tert-OH is 1. The normalized spacial score (nSPS) is 32.7. The van der Waals surface area contributed by atoms with E-state index in [2.05, 4.69) is 0 Å². The highest BCUT2D eigenvalue weighted by Gasteiger charge is 2.71. The highest BCUT2D eigenvalue weighted by atomic mass is 16.6.